The fourth-order valence-electron chi connectivity index (χ4n) is 8.07. The summed E-state index contributed by atoms with van der Waals surface area (Å²) in [7, 11) is 0. The molecule has 2 aliphatic carbocycles. The van der Waals surface area contributed by atoms with Gasteiger partial charge in [-0.2, -0.15) is 0 Å². The highest BCUT2D eigenvalue weighted by Crippen LogP contribution is 2.76. The van der Waals surface area contributed by atoms with Crippen LogP contribution in [0.2, 0.25) is 0 Å². The minimum Gasteiger partial charge on any atom is -0.472 e. The fraction of sp³-hybridized carbons (Fsp3) is 0.607. The molecule has 0 aromatic carbocycles. The maximum absolute atomic E-state index is 13.2. The van der Waals surface area contributed by atoms with Crippen molar-refractivity contribution in [2.75, 3.05) is 0 Å². The first-order chi connectivity index (χ1) is 17.0. The molecule has 192 valence electrons. The quantitative estimate of drug-likeness (QED) is 0.260. The van der Waals surface area contributed by atoms with Gasteiger partial charge in [0, 0.05) is 29.9 Å². The van der Waals surface area contributed by atoms with E-state index in [1.54, 1.807) is 12.5 Å². The van der Waals surface area contributed by atoms with Crippen LogP contribution in [0.4, 0.5) is 0 Å². The van der Waals surface area contributed by atoms with Crippen LogP contribution in [0.1, 0.15) is 65.5 Å². The predicted octanol–water partition coefficient (Wildman–Crippen LogP) is 4.21. The lowest BCUT2D eigenvalue weighted by Gasteiger charge is -2.61. The first kappa shape index (κ1) is 23.5. The molecular weight excluding hydrogens is 464 g/mol. The predicted molar refractivity (Wildman–Crippen MR) is 125 cm³/mol. The van der Waals surface area contributed by atoms with Gasteiger partial charge >= 0.3 is 17.9 Å². The molecule has 0 amide bonds. The van der Waals surface area contributed by atoms with Crippen LogP contribution < -0.4 is 0 Å². The molecule has 3 aliphatic heterocycles. The molecular formula is C28H32O8. The second kappa shape index (κ2) is 7.34. The second-order valence-corrected chi connectivity index (χ2v) is 11.8. The third-order valence-electron chi connectivity index (χ3n) is 9.66. The number of rotatable bonds is 2. The molecule has 0 bridgehead atoms. The summed E-state index contributed by atoms with van der Waals surface area (Å²) < 4.78 is 29.7. The lowest BCUT2D eigenvalue weighted by atomic mass is 9.43. The molecule has 1 aromatic heterocycles. The van der Waals surface area contributed by atoms with E-state index in [1.807, 2.05) is 26.0 Å². The summed E-state index contributed by atoms with van der Waals surface area (Å²) in [6.07, 6.45) is 8.60. The zero-order valence-corrected chi connectivity index (χ0v) is 21.2. The monoisotopic (exact) mass is 496 g/mol. The van der Waals surface area contributed by atoms with Crippen LogP contribution in [-0.2, 0) is 33.3 Å². The number of esters is 3. The maximum atomic E-state index is 13.2. The van der Waals surface area contributed by atoms with Crippen molar-refractivity contribution in [1.29, 1.82) is 0 Å². The van der Waals surface area contributed by atoms with E-state index in [4.69, 9.17) is 23.4 Å². The Morgan fingerprint density at radius 2 is 1.92 bits per heavy atom. The number of ether oxygens (including phenoxy) is 4. The van der Waals surface area contributed by atoms with Crippen molar-refractivity contribution in [2.45, 2.75) is 83.4 Å². The molecule has 8 atom stereocenters. The zero-order chi connectivity index (χ0) is 25.7. The summed E-state index contributed by atoms with van der Waals surface area (Å²) >= 11 is 0. The van der Waals surface area contributed by atoms with E-state index in [1.165, 1.54) is 13.0 Å². The van der Waals surface area contributed by atoms with Crippen molar-refractivity contribution in [1.82, 2.24) is 0 Å². The Morgan fingerprint density at radius 1 is 1.14 bits per heavy atom. The average Bonchev–Trinajstić information content (AvgIpc) is 3.36. The first-order valence-electron chi connectivity index (χ1n) is 12.6. The van der Waals surface area contributed by atoms with Crippen LogP contribution in [0.3, 0.4) is 0 Å². The highest BCUT2D eigenvalue weighted by atomic mass is 16.7. The van der Waals surface area contributed by atoms with Crippen LogP contribution in [-0.4, -0.2) is 41.3 Å². The lowest BCUT2D eigenvalue weighted by molar-refractivity contribution is -0.198. The van der Waals surface area contributed by atoms with Crippen LogP contribution in [0.25, 0.3) is 0 Å². The molecule has 0 N–H and O–H groups in total. The number of epoxide rings is 1. The summed E-state index contributed by atoms with van der Waals surface area (Å²) in [5.74, 6) is -1.24. The van der Waals surface area contributed by atoms with Gasteiger partial charge in [-0.1, -0.05) is 24.6 Å². The minimum absolute atomic E-state index is 0.0234. The van der Waals surface area contributed by atoms with Gasteiger partial charge < -0.3 is 23.4 Å². The zero-order valence-electron chi connectivity index (χ0n) is 21.2. The summed E-state index contributed by atoms with van der Waals surface area (Å²) in [6, 6.07) is 1.82. The van der Waals surface area contributed by atoms with Gasteiger partial charge in [-0.15, -0.1) is 0 Å². The van der Waals surface area contributed by atoms with Gasteiger partial charge in [0.15, 0.2) is 6.10 Å². The number of hydrogen-bond acceptors (Lipinski definition) is 8. The Kier molecular flexibility index (Phi) is 4.80. The van der Waals surface area contributed by atoms with Gasteiger partial charge in [-0.25, -0.2) is 9.59 Å². The lowest BCUT2D eigenvalue weighted by Crippen LogP contribution is -2.67. The summed E-state index contributed by atoms with van der Waals surface area (Å²) in [5.41, 5.74) is -1.22. The molecule has 2 saturated heterocycles. The van der Waals surface area contributed by atoms with Crippen molar-refractivity contribution in [3.05, 3.63) is 48.0 Å². The number of fused-ring (bicyclic) bond motifs is 3. The second-order valence-electron chi connectivity index (χ2n) is 11.8. The minimum atomic E-state index is -0.917. The van der Waals surface area contributed by atoms with Crippen molar-refractivity contribution in [3.63, 3.8) is 0 Å². The molecule has 36 heavy (non-hydrogen) atoms. The summed E-state index contributed by atoms with van der Waals surface area (Å²) in [4.78, 5) is 38.0. The molecule has 1 spiro atoms. The van der Waals surface area contributed by atoms with Crippen LogP contribution in [0, 0.1) is 22.7 Å². The first-order valence-corrected chi connectivity index (χ1v) is 12.6. The molecule has 8 heteroatoms. The van der Waals surface area contributed by atoms with E-state index in [9.17, 15) is 14.4 Å². The smallest absolute Gasteiger partial charge is 0.339 e. The number of carbonyl (C=O) groups excluding carboxylic acids is 3. The highest BCUT2D eigenvalue weighted by molar-refractivity contribution is 5.83. The molecule has 5 aliphatic rings. The topological polar surface area (TPSA) is 105 Å². The Labute approximate surface area is 210 Å². The molecule has 4 heterocycles. The summed E-state index contributed by atoms with van der Waals surface area (Å²) in [5, 5.41) is 0. The van der Waals surface area contributed by atoms with Crippen LogP contribution >= 0.6 is 0 Å². The number of carbonyl (C=O) groups is 3. The van der Waals surface area contributed by atoms with Gasteiger partial charge in [0.1, 0.15) is 23.4 Å². The molecule has 3 fully saturated rings. The molecule has 8 nitrogen and oxygen atoms in total. The number of cyclic esters (lactones) is 2. The van der Waals surface area contributed by atoms with Crippen molar-refractivity contribution < 1.29 is 37.7 Å². The van der Waals surface area contributed by atoms with Gasteiger partial charge in [-0.3, -0.25) is 4.79 Å². The fourth-order valence-corrected chi connectivity index (χ4v) is 8.07. The summed E-state index contributed by atoms with van der Waals surface area (Å²) in [6.45, 7) is 9.41. The molecule has 8 unspecified atom stereocenters. The van der Waals surface area contributed by atoms with Gasteiger partial charge in [0.2, 0.25) is 0 Å². The molecule has 1 aromatic rings. The van der Waals surface area contributed by atoms with E-state index in [-0.39, 0.29) is 17.8 Å². The van der Waals surface area contributed by atoms with Gasteiger partial charge in [0.05, 0.1) is 17.9 Å². The number of allylic oxidation sites excluding steroid dienone is 2. The normalized spacial score (nSPS) is 44.2. The van der Waals surface area contributed by atoms with Gasteiger partial charge in [0.25, 0.3) is 0 Å². The Balaban J connectivity index is 1.55. The van der Waals surface area contributed by atoms with E-state index in [2.05, 4.69) is 19.9 Å². The molecule has 1 saturated carbocycles. The Bertz CT molecular complexity index is 1190. The highest BCUT2D eigenvalue weighted by Gasteiger charge is 2.86. The Morgan fingerprint density at radius 3 is 2.61 bits per heavy atom. The maximum Gasteiger partial charge on any atom is 0.339 e. The van der Waals surface area contributed by atoms with Crippen molar-refractivity contribution >= 4 is 17.9 Å². The van der Waals surface area contributed by atoms with Crippen LogP contribution in [0.5, 0.6) is 0 Å². The van der Waals surface area contributed by atoms with Gasteiger partial charge in [-0.05, 0) is 52.0 Å². The number of hydrogen-bond donors (Lipinski definition) is 0. The van der Waals surface area contributed by atoms with E-state index < -0.39 is 52.3 Å². The van der Waals surface area contributed by atoms with E-state index in [0.717, 1.165) is 11.1 Å². The standard InChI is InChI=1S/C28H32O8/c1-15(29)33-20-13-19-17(7-6-8-21(30)35-25(19,2)3)18-9-11-26(4)22(16-10-12-32-14-16)34-24(31)23-28(26,36-23)27(18,20)5/h6,8-10,12,14,17,19-20,22-23H,7,11,13H2,1-5H3. The number of furan rings is 1. The largest absolute Gasteiger partial charge is 0.472 e. The van der Waals surface area contributed by atoms with Crippen LogP contribution in [0.15, 0.2) is 46.8 Å². The van der Waals surface area contributed by atoms with Crippen molar-refractivity contribution in [3.8, 4) is 0 Å². The third-order valence-corrected chi connectivity index (χ3v) is 9.66. The van der Waals surface area contributed by atoms with E-state index in [0.29, 0.717) is 19.3 Å². The van der Waals surface area contributed by atoms with E-state index >= 15 is 0 Å². The SMILES string of the molecule is CC(=O)OC1CC2C(CC=CC(=O)OC2(C)C)C2=CCC3(C)C(c4ccoc4)OC(=O)C4OC43C21C. The third kappa shape index (κ3) is 2.82. The average molecular weight is 497 g/mol. The molecule has 0 radical (unpaired) electrons. The molecule has 6 rings (SSSR count). The van der Waals surface area contributed by atoms with Crippen molar-refractivity contribution in [2.24, 2.45) is 22.7 Å². The Hall–Kier alpha value is -2.87.